The third-order valence-electron chi connectivity index (χ3n) is 3.37. The first-order valence-electron chi connectivity index (χ1n) is 6.39. The van der Waals surface area contributed by atoms with Crippen LogP contribution < -0.4 is 5.32 Å². The number of likely N-dealkylation sites (tertiary alicyclic amines) is 1. The number of nitrogens with zero attached hydrogens (tertiary/aromatic N) is 2. The number of aliphatic hydroxyl groups excluding tert-OH is 2. The Morgan fingerprint density at radius 1 is 1.63 bits per heavy atom. The summed E-state index contributed by atoms with van der Waals surface area (Å²) in [6.07, 6.45) is 2.30. The maximum atomic E-state index is 11.7. The lowest BCUT2D eigenvalue weighted by atomic mass is 9.95. The van der Waals surface area contributed by atoms with Crippen molar-refractivity contribution in [1.29, 1.82) is 0 Å². The fourth-order valence-electron chi connectivity index (χ4n) is 2.19. The van der Waals surface area contributed by atoms with E-state index < -0.39 is 6.10 Å². The van der Waals surface area contributed by atoms with Crippen molar-refractivity contribution < 1.29 is 15.0 Å². The molecule has 1 aliphatic rings. The first kappa shape index (κ1) is 14.4. The molecule has 0 spiro atoms. The summed E-state index contributed by atoms with van der Waals surface area (Å²) in [6, 6.07) is 0. The number of aliphatic hydroxyl groups is 2. The molecular formula is C12H19N3O3S. The number of carbonyl (C=O) groups excluding carboxylic acids is 1. The summed E-state index contributed by atoms with van der Waals surface area (Å²) in [5, 5.41) is 24.0. The molecule has 0 radical (unpaired) electrons. The Labute approximate surface area is 116 Å². The Kier molecular flexibility index (Phi) is 5.26. The van der Waals surface area contributed by atoms with Crippen molar-refractivity contribution in [2.24, 2.45) is 5.92 Å². The van der Waals surface area contributed by atoms with Gasteiger partial charge < -0.3 is 20.4 Å². The lowest BCUT2D eigenvalue weighted by Crippen LogP contribution is -2.45. The molecule has 1 amide bonds. The quantitative estimate of drug-likeness (QED) is 0.717. The second-order valence-electron chi connectivity index (χ2n) is 4.73. The summed E-state index contributed by atoms with van der Waals surface area (Å²) in [7, 11) is 0. The number of anilines is 1. The van der Waals surface area contributed by atoms with Gasteiger partial charge in [0.25, 0.3) is 0 Å². The Bertz CT molecular complexity index is 399. The van der Waals surface area contributed by atoms with Crippen LogP contribution in [0.2, 0.25) is 0 Å². The number of hydrogen-bond donors (Lipinski definition) is 3. The molecule has 0 unspecified atom stereocenters. The number of rotatable bonds is 5. The van der Waals surface area contributed by atoms with Crippen molar-refractivity contribution in [3.63, 3.8) is 0 Å². The lowest BCUT2D eigenvalue weighted by Gasteiger charge is -2.34. The summed E-state index contributed by atoms with van der Waals surface area (Å²) in [6.45, 7) is 1.98. The van der Waals surface area contributed by atoms with Crippen LogP contribution in [0.15, 0.2) is 11.6 Å². The molecule has 6 nitrogen and oxygen atoms in total. The standard InChI is InChI=1S/C12H19N3O3S/c16-8-9-1-4-15(7-10(9)17)5-2-11(18)14-12-13-3-6-19-12/h3,6,9-10,16-17H,1-2,4-5,7-8H2,(H,13,14,18)/t9-,10+/m0/s1. The SMILES string of the molecule is O=C(CCN1CC[C@@H](CO)[C@H](O)C1)Nc1nccs1. The van der Waals surface area contributed by atoms with Crippen molar-refractivity contribution >= 4 is 22.4 Å². The number of nitrogens with one attached hydrogen (secondary N) is 1. The number of hydrogen-bond acceptors (Lipinski definition) is 6. The highest BCUT2D eigenvalue weighted by Crippen LogP contribution is 2.17. The van der Waals surface area contributed by atoms with E-state index in [2.05, 4.69) is 15.2 Å². The predicted molar refractivity (Wildman–Crippen MR) is 73.0 cm³/mol. The molecule has 1 aliphatic heterocycles. The van der Waals surface area contributed by atoms with E-state index in [9.17, 15) is 9.90 Å². The van der Waals surface area contributed by atoms with Gasteiger partial charge in [0.15, 0.2) is 5.13 Å². The van der Waals surface area contributed by atoms with E-state index in [0.29, 0.717) is 24.6 Å². The molecule has 106 valence electrons. The largest absolute Gasteiger partial charge is 0.396 e. The molecule has 19 heavy (non-hydrogen) atoms. The van der Waals surface area contributed by atoms with Crippen molar-refractivity contribution in [2.45, 2.75) is 18.9 Å². The van der Waals surface area contributed by atoms with Gasteiger partial charge in [-0.2, -0.15) is 0 Å². The summed E-state index contributed by atoms with van der Waals surface area (Å²) < 4.78 is 0. The van der Waals surface area contributed by atoms with Crippen LogP contribution in [-0.2, 0) is 4.79 Å². The normalized spacial score (nSPS) is 24.3. The number of thiazole rings is 1. The smallest absolute Gasteiger partial charge is 0.227 e. The summed E-state index contributed by atoms with van der Waals surface area (Å²) in [4.78, 5) is 17.7. The van der Waals surface area contributed by atoms with E-state index in [-0.39, 0.29) is 18.4 Å². The molecule has 2 rings (SSSR count). The van der Waals surface area contributed by atoms with Crippen molar-refractivity contribution in [2.75, 3.05) is 31.6 Å². The van der Waals surface area contributed by atoms with E-state index >= 15 is 0 Å². The number of piperidine rings is 1. The van der Waals surface area contributed by atoms with Gasteiger partial charge in [0.05, 0.1) is 6.10 Å². The average molecular weight is 285 g/mol. The molecule has 2 heterocycles. The van der Waals surface area contributed by atoms with Crippen LogP contribution in [0.25, 0.3) is 0 Å². The first-order chi connectivity index (χ1) is 9.19. The number of carbonyl (C=O) groups is 1. The molecule has 1 aromatic rings. The van der Waals surface area contributed by atoms with E-state index in [1.807, 2.05) is 5.38 Å². The van der Waals surface area contributed by atoms with Gasteiger partial charge in [0.2, 0.25) is 5.91 Å². The van der Waals surface area contributed by atoms with Gasteiger partial charge in [-0.15, -0.1) is 11.3 Å². The number of aromatic nitrogens is 1. The van der Waals surface area contributed by atoms with Crippen LogP contribution >= 0.6 is 11.3 Å². The average Bonchev–Trinajstić information content (AvgIpc) is 2.89. The fraction of sp³-hybridized carbons (Fsp3) is 0.667. The molecule has 0 saturated carbocycles. The van der Waals surface area contributed by atoms with Crippen molar-refractivity contribution in [1.82, 2.24) is 9.88 Å². The van der Waals surface area contributed by atoms with E-state index in [1.54, 1.807) is 6.20 Å². The second-order valence-corrected chi connectivity index (χ2v) is 5.63. The highest BCUT2D eigenvalue weighted by atomic mass is 32.1. The van der Waals surface area contributed by atoms with Crippen molar-refractivity contribution in [3.05, 3.63) is 11.6 Å². The van der Waals surface area contributed by atoms with Crippen LogP contribution in [0.1, 0.15) is 12.8 Å². The highest BCUT2D eigenvalue weighted by Gasteiger charge is 2.26. The molecule has 0 aliphatic carbocycles. The zero-order valence-corrected chi connectivity index (χ0v) is 11.5. The maximum Gasteiger partial charge on any atom is 0.227 e. The summed E-state index contributed by atoms with van der Waals surface area (Å²) in [5.74, 6) is -0.0888. The number of β-amino-alcohol motifs (C(OH)–C–C–N with tert-alkyl or cyclic N) is 1. The van der Waals surface area contributed by atoms with Gasteiger partial charge in [-0.05, 0) is 13.0 Å². The monoisotopic (exact) mass is 285 g/mol. The third-order valence-corrected chi connectivity index (χ3v) is 4.06. The minimum atomic E-state index is -0.499. The zero-order chi connectivity index (χ0) is 13.7. The second kappa shape index (κ2) is 6.95. The molecule has 3 N–H and O–H groups in total. The topological polar surface area (TPSA) is 85.7 Å². The molecule has 0 aromatic carbocycles. The Morgan fingerprint density at radius 3 is 3.11 bits per heavy atom. The van der Waals surface area contributed by atoms with Crippen LogP contribution in [-0.4, -0.2) is 58.3 Å². The summed E-state index contributed by atoms with van der Waals surface area (Å²) >= 11 is 1.39. The third kappa shape index (κ3) is 4.24. The van der Waals surface area contributed by atoms with E-state index in [4.69, 9.17) is 5.11 Å². The van der Waals surface area contributed by atoms with Crippen LogP contribution in [0.3, 0.4) is 0 Å². The highest BCUT2D eigenvalue weighted by molar-refractivity contribution is 7.13. The van der Waals surface area contributed by atoms with Gasteiger partial charge in [0.1, 0.15) is 0 Å². The van der Waals surface area contributed by atoms with E-state index in [0.717, 1.165) is 13.0 Å². The molecule has 1 aromatic heterocycles. The molecular weight excluding hydrogens is 266 g/mol. The fourth-order valence-corrected chi connectivity index (χ4v) is 2.73. The maximum absolute atomic E-state index is 11.7. The minimum Gasteiger partial charge on any atom is -0.396 e. The van der Waals surface area contributed by atoms with Gasteiger partial charge >= 0.3 is 0 Å². The van der Waals surface area contributed by atoms with Gasteiger partial charge in [-0.25, -0.2) is 4.98 Å². The Balaban J connectivity index is 1.69. The Morgan fingerprint density at radius 2 is 2.47 bits per heavy atom. The van der Waals surface area contributed by atoms with Gasteiger partial charge in [-0.3, -0.25) is 4.79 Å². The number of amides is 1. The summed E-state index contributed by atoms with van der Waals surface area (Å²) in [5.41, 5.74) is 0. The van der Waals surface area contributed by atoms with Crippen molar-refractivity contribution in [3.8, 4) is 0 Å². The van der Waals surface area contributed by atoms with Crippen LogP contribution in [0.4, 0.5) is 5.13 Å². The molecule has 1 fully saturated rings. The molecule has 2 atom stereocenters. The Hall–Kier alpha value is -1.02. The van der Waals surface area contributed by atoms with Gasteiger partial charge in [-0.1, -0.05) is 0 Å². The molecule has 7 heteroatoms. The van der Waals surface area contributed by atoms with Crippen LogP contribution in [0.5, 0.6) is 0 Å². The first-order valence-corrected chi connectivity index (χ1v) is 7.27. The predicted octanol–water partition coefficient (Wildman–Crippen LogP) is 0.147. The molecule has 1 saturated heterocycles. The molecule has 0 bridgehead atoms. The van der Waals surface area contributed by atoms with Gasteiger partial charge in [0, 0.05) is 43.6 Å². The minimum absolute atomic E-state index is 0.0273. The van der Waals surface area contributed by atoms with E-state index in [1.165, 1.54) is 11.3 Å². The van der Waals surface area contributed by atoms with Crippen LogP contribution in [0, 0.1) is 5.92 Å². The lowest BCUT2D eigenvalue weighted by molar-refractivity contribution is -0.116. The zero-order valence-electron chi connectivity index (χ0n) is 10.7.